The Morgan fingerprint density at radius 1 is 1.12 bits per heavy atom. The van der Waals surface area contributed by atoms with E-state index in [9.17, 15) is 4.79 Å². The van der Waals surface area contributed by atoms with Crippen LogP contribution in [-0.4, -0.2) is 26.9 Å². The molecule has 162 valence electrons. The van der Waals surface area contributed by atoms with E-state index >= 15 is 4.39 Å². The predicted octanol–water partition coefficient (Wildman–Crippen LogP) is 2.69. The Morgan fingerprint density at radius 3 is 2.47 bits per heavy atom. The van der Waals surface area contributed by atoms with Crippen LogP contribution < -0.4 is 16.0 Å². The van der Waals surface area contributed by atoms with Gasteiger partial charge in [-0.2, -0.15) is 9.65 Å². The molecule has 1 aliphatic rings. The fourth-order valence-electron chi connectivity index (χ4n) is 3.39. The second-order valence-electron chi connectivity index (χ2n) is 7.70. The summed E-state index contributed by atoms with van der Waals surface area (Å²) in [7, 11) is 0. The standard InChI is InChI=1S/C23H22FN7O/c24-21-22(28-11-16-3-1-15(2-4-16)9-20(26)32)29-14-30-23(21)31(19-7-8-19)13-17-5-6-18(10-25)27-12-17/h1-6,12,14,19H,7-9,11,13H2,(H2,26,32)(H,28,29,30). The summed E-state index contributed by atoms with van der Waals surface area (Å²) in [6.07, 6.45) is 5.10. The van der Waals surface area contributed by atoms with Gasteiger partial charge in [-0.15, -0.1) is 0 Å². The van der Waals surface area contributed by atoms with Gasteiger partial charge in [0.15, 0.2) is 11.6 Å². The van der Waals surface area contributed by atoms with Gasteiger partial charge in [0.05, 0.1) is 6.42 Å². The first-order chi connectivity index (χ1) is 15.5. The molecule has 0 radical (unpaired) electrons. The number of benzene rings is 1. The molecular weight excluding hydrogens is 409 g/mol. The summed E-state index contributed by atoms with van der Waals surface area (Å²) in [5, 5.41) is 11.9. The van der Waals surface area contributed by atoms with Crippen molar-refractivity contribution in [3.63, 3.8) is 0 Å². The third-order valence-corrected chi connectivity index (χ3v) is 5.18. The van der Waals surface area contributed by atoms with Crippen molar-refractivity contribution in [2.75, 3.05) is 10.2 Å². The van der Waals surface area contributed by atoms with Gasteiger partial charge in [-0.25, -0.2) is 15.0 Å². The largest absolute Gasteiger partial charge is 0.369 e. The smallest absolute Gasteiger partial charge is 0.221 e. The molecule has 9 heteroatoms. The monoisotopic (exact) mass is 431 g/mol. The van der Waals surface area contributed by atoms with E-state index in [0.29, 0.717) is 18.8 Å². The molecule has 0 atom stereocenters. The lowest BCUT2D eigenvalue weighted by Gasteiger charge is -2.24. The van der Waals surface area contributed by atoms with Gasteiger partial charge >= 0.3 is 0 Å². The van der Waals surface area contributed by atoms with Gasteiger partial charge in [-0.1, -0.05) is 30.3 Å². The molecule has 0 bridgehead atoms. The molecule has 3 aromatic rings. The van der Waals surface area contributed by atoms with Gasteiger partial charge in [0.2, 0.25) is 11.7 Å². The molecule has 0 spiro atoms. The topological polar surface area (TPSA) is 121 Å². The lowest BCUT2D eigenvalue weighted by atomic mass is 10.1. The van der Waals surface area contributed by atoms with Crippen molar-refractivity contribution in [1.82, 2.24) is 15.0 Å². The summed E-state index contributed by atoms with van der Waals surface area (Å²) < 4.78 is 15.3. The molecule has 1 fully saturated rings. The second-order valence-corrected chi connectivity index (χ2v) is 7.70. The van der Waals surface area contributed by atoms with Gasteiger partial charge in [0, 0.05) is 25.3 Å². The number of carbonyl (C=O) groups excluding carboxylic acids is 1. The zero-order valence-electron chi connectivity index (χ0n) is 17.3. The highest BCUT2D eigenvalue weighted by atomic mass is 19.1. The van der Waals surface area contributed by atoms with Crippen molar-refractivity contribution in [3.8, 4) is 6.07 Å². The molecule has 1 aliphatic carbocycles. The van der Waals surface area contributed by atoms with E-state index in [2.05, 4.69) is 20.3 Å². The molecule has 1 saturated carbocycles. The van der Waals surface area contributed by atoms with Crippen molar-refractivity contribution in [3.05, 3.63) is 77.1 Å². The zero-order valence-corrected chi connectivity index (χ0v) is 17.3. The van der Waals surface area contributed by atoms with E-state index in [-0.39, 0.29) is 30.0 Å². The molecule has 0 aliphatic heterocycles. The average molecular weight is 431 g/mol. The number of nitrogens with two attached hydrogens (primary N) is 1. The van der Waals surface area contributed by atoms with E-state index in [1.807, 2.05) is 41.3 Å². The molecule has 1 amide bonds. The number of nitrogens with one attached hydrogen (secondary N) is 1. The molecular formula is C23H22FN7O. The minimum absolute atomic E-state index is 0.125. The van der Waals surface area contributed by atoms with Crippen LogP contribution in [0.15, 0.2) is 48.9 Å². The predicted molar refractivity (Wildman–Crippen MR) is 117 cm³/mol. The van der Waals surface area contributed by atoms with Gasteiger partial charge in [-0.3, -0.25) is 4.79 Å². The van der Waals surface area contributed by atoms with E-state index in [1.165, 1.54) is 6.33 Å². The highest BCUT2D eigenvalue weighted by molar-refractivity contribution is 5.76. The van der Waals surface area contributed by atoms with Crippen LogP contribution in [0.1, 0.15) is 35.2 Å². The molecule has 1 aromatic carbocycles. The summed E-state index contributed by atoms with van der Waals surface area (Å²) in [4.78, 5) is 25.3. The number of rotatable bonds is 9. The van der Waals surface area contributed by atoms with Crippen LogP contribution in [0.4, 0.5) is 16.0 Å². The van der Waals surface area contributed by atoms with E-state index in [0.717, 1.165) is 29.5 Å². The van der Waals surface area contributed by atoms with Crippen LogP contribution in [0.5, 0.6) is 0 Å². The van der Waals surface area contributed by atoms with Gasteiger partial charge < -0.3 is 16.0 Å². The number of hydrogen-bond acceptors (Lipinski definition) is 7. The molecule has 2 aromatic heterocycles. The SMILES string of the molecule is N#Cc1ccc(CN(c2ncnc(NCc3ccc(CC(N)=O)cc3)c2F)C2CC2)cn1. The maximum absolute atomic E-state index is 15.3. The van der Waals surface area contributed by atoms with Crippen molar-refractivity contribution < 1.29 is 9.18 Å². The first kappa shape index (κ1) is 21.2. The summed E-state index contributed by atoms with van der Waals surface area (Å²) in [5.41, 5.74) is 8.17. The van der Waals surface area contributed by atoms with E-state index in [4.69, 9.17) is 11.0 Å². The number of nitriles is 1. The lowest BCUT2D eigenvalue weighted by Crippen LogP contribution is -2.27. The van der Waals surface area contributed by atoms with Crippen LogP contribution in [0.3, 0.4) is 0 Å². The molecule has 4 rings (SSSR count). The van der Waals surface area contributed by atoms with Crippen LogP contribution in [0.2, 0.25) is 0 Å². The maximum atomic E-state index is 15.3. The fourth-order valence-corrected chi connectivity index (χ4v) is 3.39. The van der Waals surface area contributed by atoms with Gasteiger partial charge in [0.1, 0.15) is 18.1 Å². The van der Waals surface area contributed by atoms with Crippen molar-refractivity contribution in [2.45, 2.75) is 38.4 Å². The Balaban J connectivity index is 1.47. The number of amides is 1. The Kier molecular flexibility index (Phi) is 6.22. The first-order valence-corrected chi connectivity index (χ1v) is 10.3. The highest BCUT2D eigenvalue weighted by Gasteiger charge is 2.32. The molecule has 3 N–H and O–H groups in total. The normalized spacial score (nSPS) is 12.8. The number of hydrogen-bond donors (Lipinski definition) is 2. The van der Waals surface area contributed by atoms with Crippen LogP contribution >= 0.6 is 0 Å². The Morgan fingerprint density at radius 2 is 1.84 bits per heavy atom. The fraction of sp³-hybridized carbons (Fsp3) is 0.261. The third-order valence-electron chi connectivity index (χ3n) is 5.18. The molecule has 2 heterocycles. The summed E-state index contributed by atoms with van der Waals surface area (Å²) >= 11 is 0. The zero-order chi connectivity index (χ0) is 22.5. The van der Waals surface area contributed by atoms with Crippen LogP contribution in [0.25, 0.3) is 0 Å². The number of carbonyl (C=O) groups is 1. The van der Waals surface area contributed by atoms with Crippen LogP contribution in [0, 0.1) is 17.1 Å². The van der Waals surface area contributed by atoms with E-state index < -0.39 is 5.82 Å². The van der Waals surface area contributed by atoms with Gasteiger partial charge in [-0.05, 0) is 35.6 Å². The first-order valence-electron chi connectivity index (χ1n) is 10.3. The Bertz CT molecular complexity index is 1140. The summed E-state index contributed by atoms with van der Waals surface area (Å²) in [5.74, 6) is -0.527. The van der Waals surface area contributed by atoms with Crippen molar-refractivity contribution in [1.29, 1.82) is 5.26 Å². The van der Waals surface area contributed by atoms with E-state index in [1.54, 1.807) is 12.3 Å². The molecule has 32 heavy (non-hydrogen) atoms. The number of halogens is 1. The summed E-state index contributed by atoms with van der Waals surface area (Å²) in [6.45, 7) is 0.811. The van der Waals surface area contributed by atoms with Crippen molar-refractivity contribution >= 4 is 17.5 Å². The average Bonchev–Trinajstić information content (AvgIpc) is 3.63. The summed E-state index contributed by atoms with van der Waals surface area (Å²) in [6, 6.07) is 13.0. The minimum Gasteiger partial charge on any atom is -0.369 e. The number of aromatic nitrogens is 3. The number of primary amides is 1. The number of pyridine rings is 1. The lowest BCUT2D eigenvalue weighted by molar-refractivity contribution is -0.117. The minimum atomic E-state index is -0.508. The van der Waals surface area contributed by atoms with Crippen molar-refractivity contribution in [2.24, 2.45) is 5.73 Å². The maximum Gasteiger partial charge on any atom is 0.221 e. The highest BCUT2D eigenvalue weighted by Crippen LogP contribution is 2.34. The quantitative estimate of drug-likeness (QED) is 0.534. The van der Waals surface area contributed by atoms with Gasteiger partial charge in [0.25, 0.3) is 0 Å². The number of anilines is 2. The van der Waals surface area contributed by atoms with Crippen LogP contribution in [-0.2, 0) is 24.3 Å². The third kappa shape index (κ3) is 5.16. The Labute approximate surface area is 184 Å². The molecule has 0 unspecified atom stereocenters. The molecule has 0 saturated heterocycles. The number of nitrogens with zero attached hydrogens (tertiary/aromatic N) is 5. The molecule has 8 nitrogen and oxygen atoms in total. The second kappa shape index (κ2) is 9.39. The Hall–Kier alpha value is -4.06.